The van der Waals surface area contributed by atoms with Crippen molar-refractivity contribution in [3.63, 3.8) is 0 Å². The third-order valence-electron chi connectivity index (χ3n) is 5.98. The SMILES string of the molecule is COc1cccc(C2(O)CCN(CC(=O)c3ccc4c(c3)CCC(=O)N4)CC2)c1. The molecule has 0 unspecified atom stereocenters. The molecule has 2 heterocycles. The lowest BCUT2D eigenvalue weighted by molar-refractivity contribution is -0.116. The van der Waals surface area contributed by atoms with Crippen molar-refractivity contribution in [3.8, 4) is 5.75 Å². The summed E-state index contributed by atoms with van der Waals surface area (Å²) in [5.41, 5.74) is 2.46. The highest BCUT2D eigenvalue weighted by atomic mass is 16.5. The molecule has 2 aliphatic heterocycles. The molecule has 1 fully saturated rings. The second-order valence-electron chi connectivity index (χ2n) is 7.88. The summed E-state index contributed by atoms with van der Waals surface area (Å²) >= 11 is 0. The highest BCUT2D eigenvalue weighted by Gasteiger charge is 2.34. The van der Waals surface area contributed by atoms with Crippen LogP contribution >= 0.6 is 0 Å². The maximum atomic E-state index is 12.8. The second kappa shape index (κ2) is 7.97. The van der Waals surface area contributed by atoms with Crippen molar-refractivity contribution in [2.24, 2.45) is 0 Å². The first-order valence-corrected chi connectivity index (χ1v) is 10.0. The van der Waals surface area contributed by atoms with Gasteiger partial charge in [0.15, 0.2) is 5.78 Å². The number of piperidine rings is 1. The molecule has 1 amide bonds. The van der Waals surface area contributed by atoms with Crippen LogP contribution in [0.2, 0.25) is 0 Å². The smallest absolute Gasteiger partial charge is 0.224 e. The predicted molar refractivity (Wildman–Crippen MR) is 110 cm³/mol. The first-order chi connectivity index (χ1) is 14.0. The standard InChI is InChI=1S/C23H26N2O4/c1-29-19-4-2-3-18(14-19)23(28)9-11-25(12-10-23)15-21(26)17-5-7-20-16(13-17)6-8-22(27)24-20/h2-5,7,13-14,28H,6,8-12,15H2,1H3,(H,24,27). The number of nitrogens with zero attached hydrogens (tertiary/aromatic N) is 1. The molecule has 0 saturated carbocycles. The number of carbonyl (C=O) groups is 2. The van der Waals surface area contributed by atoms with E-state index < -0.39 is 5.60 Å². The fourth-order valence-electron chi connectivity index (χ4n) is 4.13. The number of benzene rings is 2. The first kappa shape index (κ1) is 19.6. The number of hydrogen-bond acceptors (Lipinski definition) is 5. The molecule has 2 N–H and O–H groups in total. The fourth-order valence-corrected chi connectivity index (χ4v) is 4.13. The van der Waals surface area contributed by atoms with Gasteiger partial charge < -0.3 is 15.2 Å². The maximum Gasteiger partial charge on any atom is 0.224 e. The van der Waals surface area contributed by atoms with Gasteiger partial charge in [0.1, 0.15) is 5.75 Å². The molecule has 1 saturated heterocycles. The molecule has 0 spiro atoms. The minimum atomic E-state index is -0.891. The number of aryl methyl sites for hydroxylation is 1. The van der Waals surface area contributed by atoms with E-state index in [1.54, 1.807) is 13.2 Å². The molecule has 2 aromatic carbocycles. The van der Waals surface area contributed by atoms with Crippen LogP contribution in [0.25, 0.3) is 0 Å². The largest absolute Gasteiger partial charge is 0.497 e. The van der Waals surface area contributed by atoms with Crippen LogP contribution in [-0.4, -0.2) is 48.4 Å². The summed E-state index contributed by atoms with van der Waals surface area (Å²) in [5.74, 6) is 0.821. The number of carbonyl (C=O) groups excluding carboxylic acids is 2. The fraction of sp³-hybridized carbons (Fsp3) is 0.391. The number of ketones is 1. The predicted octanol–water partition coefficient (Wildman–Crippen LogP) is 2.75. The first-order valence-electron chi connectivity index (χ1n) is 10.0. The Labute approximate surface area is 170 Å². The number of likely N-dealkylation sites (tertiary alicyclic amines) is 1. The number of ether oxygens (including phenoxy) is 1. The van der Waals surface area contributed by atoms with Gasteiger partial charge in [-0.25, -0.2) is 0 Å². The van der Waals surface area contributed by atoms with E-state index in [1.807, 2.05) is 36.4 Å². The van der Waals surface area contributed by atoms with E-state index in [4.69, 9.17) is 4.74 Å². The van der Waals surface area contributed by atoms with E-state index >= 15 is 0 Å². The Balaban J connectivity index is 1.38. The second-order valence-corrected chi connectivity index (χ2v) is 7.88. The lowest BCUT2D eigenvalue weighted by Gasteiger charge is -2.38. The Morgan fingerprint density at radius 3 is 2.72 bits per heavy atom. The summed E-state index contributed by atoms with van der Waals surface area (Å²) in [5, 5.41) is 13.9. The topological polar surface area (TPSA) is 78.9 Å². The average molecular weight is 394 g/mol. The number of rotatable bonds is 5. The Bertz CT molecular complexity index is 932. The molecule has 0 aliphatic carbocycles. The number of nitrogens with one attached hydrogen (secondary N) is 1. The zero-order valence-electron chi connectivity index (χ0n) is 16.6. The number of fused-ring (bicyclic) bond motifs is 1. The molecule has 0 atom stereocenters. The quantitative estimate of drug-likeness (QED) is 0.763. The number of aliphatic hydroxyl groups is 1. The van der Waals surface area contributed by atoms with Gasteiger partial charge in [0.25, 0.3) is 0 Å². The zero-order chi connectivity index (χ0) is 20.4. The Hall–Kier alpha value is -2.70. The van der Waals surface area contributed by atoms with Gasteiger partial charge >= 0.3 is 0 Å². The van der Waals surface area contributed by atoms with Crippen molar-refractivity contribution < 1.29 is 19.4 Å². The molecular weight excluding hydrogens is 368 g/mol. The van der Waals surface area contributed by atoms with Gasteiger partial charge in [-0.1, -0.05) is 12.1 Å². The average Bonchev–Trinajstić information content (AvgIpc) is 2.75. The van der Waals surface area contributed by atoms with Crippen molar-refractivity contribution >= 4 is 17.4 Å². The highest BCUT2D eigenvalue weighted by Crippen LogP contribution is 2.34. The Morgan fingerprint density at radius 2 is 1.97 bits per heavy atom. The Morgan fingerprint density at radius 1 is 1.17 bits per heavy atom. The van der Waals surface area contributed by atoms with Crippen LogP contribution in [0.1, 0.15) is 40.7 Å². The highest BCUT2D eigenvalue weighted by molar-refractivity contribution is 6.00. The van der Waals surface area contributed by atoms with Crippen LogP contribution in [0, 0.1) is 0 Å². The van der Waals surface area contributed by atoms with Gasteiger partial charge in [-0.05, 0) is 60.7 Å². The van der Waals surface area contributed by atoms with Crippen LogP contribution in [0.4, 0.5) is 5.69 Å². The van der Waals surface area contributed by atoms with Crippen LogP contribution < -0.4 is 10.1 Å². The van der Waals surface area contributed by atoms with Crippen molar-refractivity contribution in [2.75, 3.05) is 32.1 Å². The van der Waals surface area contributed by atoms with E-state index in [9.17, 15) is 14.7 Å². The monoisotopic (exact) mass is 394 g/mol. The van der Waals surface area contributed by atoms with E-state index in [2.05, 4.69) is 10.2 Å². The minimum absolute atomic E-state index is 0.0217. The van der Waals surface area contributed by atoms with Crippen LogP contribution in [0.3, 0.4) is 0 Å². The van der Waals surface area contributed by atoms with Crippen molar-refractivity contribution in [3.05, 3.63) is 59.2 Å². The van der Waals surface area contributed by atoms with Gasteiger partial charge in [0, 0.05) is 30.8 Å². The lowest BCUT2D eigenvalue weighted by Crippen LogP contribution is -2.44. The van der Waals surface area contributed by atoms with Crippen LogP contribution in [0.5, 0.6) is 5.75 Å². The van der Waals surface area contributed by atoms with Gasteiger partial charge in [0.05, 0.1) is 19.3 Å². The molecule has 152 valence electrons. The molecule has 0 radical (unpaired) electrons. The van der Waals surface area contributed by atoms with Gasteiger partial charge in [-0.2, -0.15) is 0 Å². The molecule has 2 aliphatic rings. The van der Waals surface area contributed by atoms with Gasteiger partial charge in [-0.15, -0.1) is 0 Å². The van der Waals surface area contributed by atoms with E-state index in [-0.39, 0.29) is 11.7 Å². The summed E-state index contributed by atoms with van der Waals surface area (Å²) in [7, 11) is 1.62. The maximum absolute atomic E-state index is 12.8. The lowest BCUT2D eigenvalue weighted by atomic mass is 9.84. The third-order valence-corrected chi connectivity index (χ3v) is 5.98. The van der Waals surface area contributed by atoms with Gasteiger partial charge in [0.2, 0.25) is 5.91 Å². The molecule has 4 rings (SSSR count). The summed E-state index contributed by atoms with van der Waals surface area (Å²) in [6, 6.07) is 13.1. The molecule has 0 bridgehead atoms. The van der Waals surface area contributed by atoms with Crippen molar-refractivity contribution in [2.45, 2.75) is 31.3 Å². The summed E-state index contributed by atoms with van der Waals surface area (Å²) in [6.07, 6.45) is 2.27. The number of amides is 1. The van der Waals surface area contributed by atoms with Crippen molar-refractivity contribution in [1.29, 1.82) is 0 Å². The van der Waals surface area contributed by atoms with Gasteiger partial charge in [-0.3, -0.25) is 14.5 Å². The molecule has 29 heavy (non-hydrogen) atoms. The molecule has 2 aromatic rings. The third kappa shape index (κ3) is 4.18. The van der Waals surface area contributed by atoms with E-state index in [1.165, 1.54) is 0 Å². The van der Waals surface area contributed by atoms with E-state index in [0.29, 0.717) is 50.9 Å². The zero-order valence-corrected chi connectivity index (χ0v) is 16.6. The number of hydrogen-bond donors (Lipinski definition) is 2. The molecule has 6 heteroatoms. The minimum Gasteiger partial charge on any atom is -0.497 e. The number of methoxy groups -OCH3 is 1. The number of Topliss-reactive ketones (excluding diaryl/α,β-unsaturated/α-hetero) is 1. The summed E-state index contributed by atoms with van der Waals surface area (Å²) < 4.78 is 5.27. The summed E-state index contributed by atoms with van der Waals surface area (Å²) in [4.78, 5) is 26.4. The number of anilines is 1. The molecule has 6 nitrogen and oxygen atoms in total. The van der Waals surface area contributed by atoms with Crippen LogP contribution in [-0.2, 0) is 16.8 Å². The molecule has 0 aromatic heterocycles. The molecular formula is C23H26N2O4. The van der Waals surface area contributed by atoms with Crippen LogP contribution in [0.15, 0.2) is 42.5 Å². The Kier molecular flexibility index (Phi) is 5.39. The van der Waals surface area contributed by atoms with Crippen molar-refractivity contribution in [1.82, 2.24) is 4.90 Å². The normalized spacial score (nSPS) is 18.6. The summed E-state index contributed by atoms with van der Waals surface area (Å²) in [6.45, 7) is 1.64. The van der Waals surface area contributed by atoms with E-state index in [0.717, 1.165) is 22.6 Å².